The molecule has 8 heteroatoms. The lowest BCUT2D eigenvalue weighted by molar-refractivity contribution is -0.125. The van der Waals surface area contributed by atoms with Gasteiger partial charge in [0.25, 0.3) is 0 Å². The van der Waals surface area contributed by atoms with Crippen LogP contribution in [0.2, 0.25) is 0 Å². The third-order valence-corrected chi connectivity index (χ3v) is 5.78. The Morgan fingerprint density at radius 1 is 1.28 bits per heavy atom. The van der Waals surface area contributed by atoms with Crippen molar-refractivity contribution in [3.05, 3.63) is 70.3 Å². The van der Waals surface area contributed by atoms with Crippen LogP contribution >= 0.6 is 28.1 Å². The second-order valence-corrected chi connectivity index (χ2v) is 8.29. The number of hydrogen-bond donors (Lipinski definition) is 3. The molecule has 166 valence electrons. The monoisotopic (exact) mass is 513 g/mol. The summed E-state index contributed by atoms with van der Waals surface area (Å²) in [6.07, 6.45) is 5.32. The van der Waals surface area contributed by atoms with E-state index in [-0.39, 0.29) is 12.5 Å². The van der Waals surface area contributed by atoms with E-state index in [1.165, 1.54) is 0 Å². The van der Waals surface area contributed by atoms with Crippen LogP contribution in [0.1, 0.15) is 24.1 Å². The summed E-state index contributed by atoms with van der Waals surface area (Å²) < 4.78 is 12.1. The highest BCUT2D eigenvalue weighted by molar-refractivity contribution is 9.10. The van der Waals surface area contributed by atoms with Crippen molar-refractivity contribution >= 4 is 39.2 Å². The van der Waals surface area contributed by atoms with Crippen LogP contribution in [0.4, 0.5) is 0 Å². The van der Waals surface area contributed by atoms with Gasteiger partial charge in [-0.1, -0.05) is 58.8 Å². The second-order valence-electron chi connectivity index (χ2n) is 7.03. The van der Waals surface area contributed by atoms with Gasteiger partial charge in [0.15, 0.2) is 16.6 Å². The average Bonchev–Trinajstić information content (AvgIpc) is 2.77. The van der Waals surface area contributed by atoms with Crippen molar-refractivity contribution in [1.29, 1.82) is 0 Å². The van der Waals surface area contributed by atoms with Crippen molar-refractivity contribution in [2.45, 2.75) is 19.5 Å². The molecule has 1 saturated heterocycles. The molecule has 32 heavy (non-hydrogen) atoms. The molecule has 0 saturated carbocycles. The number of rotatable bonds is 8. The molecule has 1 fully saturated rings. The average molecular weight is 514 g/mol. The highest BCUT2D eigenvalue weighted by Crippen LogP contribution is 2.40. The number of ether oxygens (including phenoxy) is 2. The Kier molecular flexibility index (Phi) is 8.14. The molecule has 1 amide bonds. The van der Waals surface area contributed by atoms with Crippen LogP contribution in [0.3, 0.4) is 0 Å². The number of thiocarbonyl (C=S) groups is 1. The van der Waals surface area contributed by atoms with Crippen LogP contribution < -0.4 is 25.4 Å². The molecule has 0 aromatic heterocycles. The van der Waals surface area contributed by atoms with Crippen molar-refractivity contribution in [3.8, 4) is 23.8 Å². The predicted octanol–water partition coefficient (Wildman–Crippen LogP) is 3.82. The van der Waals surface area contributed by atoms with E-state index in [0.29, 0.717) is 35.5 Å². The Labute approximate surface area is 201 Å². The Morgan fingerprint density at radius 3 is 2.69 bits per heavy atom. The van der Waals surface area contributed by atoms with Crippen molar-refractivity contribution in [3.63, 3.8) is 0 Å². The summed E-state index contributed by atoms with van der Waals surface area (Å²) in [6, 6.07) is 12.9. The lowest BCUT2D eigenvalue weighted by Crippen LogP contribution is -2.52. The molecule has 3 N–H and O–H groups in total. The lowest BCUT2D eigenvalue weighted by atomic mass is 9.88. The minimum Gasteiger partial charge on any atom is -0.490 e. The standard InChI is InChI=1S/C24H24BrN3O3S/c1-4-11-31-20-13-18(25)17(12-19(20)30-5-2)22-21(15(3)27-24(32)28-22)23(29)26-14-16-9-7-6-8-10-16/h1,6-10,12-13,21-22H,3,5,11,14H2,2H3,(H,26,29)(H2,27,28,32)/t21-,22+/m0/s1. The van der Waals surface area contributed by atoms with Crippen LogP contribution in [0.5, 0.6) is 11.5 Å². The van der Waals surface area contributed by atoms with Gasteiger partial charge in [0.05, 0.1) is 12.6 Å². The third-order valence-electron chi connectivity index (χ3n) is 4.87. The van der Waals surface area contributed by atoms with Gasteiger partial charge in [-0.05, 0) is 42.4 Å². The topological polar surface area (TPSA) is 71.6 Å². The molecule has 0 aliphatic carbocycles. The number of carbonyl (C=O) groups excluding carboxylic acids is 1. The highest BCUT2D eigenvalue weighted by Gasteiger charge is 2.38. The van der Waals surface area contributed by atoms with Crippen LogP contribution in [-0.2, 0) is 11.3 Å². The Hall–Kier alpha value is -3.02. The molecule has 0 spiro atoms. The molecule has 1 heterocycles. The molecular formula is C24H24BrN3O3S. The zero-order chi connectivity index (χ0) is 23.1. The van der Waals surface area contributed by atoms with E-state index in [9.17, 15) is 4.79 Å². The fraction of sp³-hybridized carbons (Fsp3) is 0.250. The van der Waals surface area contributed by atoms with Crippen LogP contribution in [0.25, 0.3) is 0 Å². The van der Waals surface area contributed by atoms with E-state index < -0.39 is 12.0 Å². The summed E-state index contributed by atoms with van der Waals surface area (Å²) in [5.74, 6) is 2.70. The van der Waals surface area contributed by atoms with Crippen LogP contribution in [-0.4, -0.2) is 24.2 Å². The van der Waals surface area contributed by atoms with E-state index in [1.54, 1.807) is 6.07 Å². The van der Waals surface area contributed by atoms with E-state index in [0.717, 1.165) is 15.6 Å². The molecule has 1 aliphatic heterocycles. The number of hydrogen-bond acceptors (Lipinski definition) is 4. The van der Waals surface area contributed by atoms with Crippen molar-refractivity contribution in [2.24, 2.45) is 5.92 Å². The molecule has 0 bridgehead atoms. The maximum absolute atomic E-state index is 13.2. The van der Waals surface area contributed by atoms with Crippen molar-refractivity contribution in [2.75, 3.05) is 13.2 Å². The number of terminal acetylenes is 1. The van der Waals surface area contributed by atoms with Crippen molar-refractivity contribution in [1.82, 2.24) is 16.0 Å². The number of amides is 1. The predicted molar refractivity (Wildman–Crippen MR) is 132 cm³/mol. The maximum Gasteiger partial charge on any atom is 0.231 e. The summed E-state index contributed by atoms with van der Waals surface area (Å²) in [5, 5.41) is 9.57. The molecule has 6 nitrogen and oxygen atoms in total. The summed E-state index contributed by atoms with van der Waals surface area (Å²) >= 11 is 8.94. The first-order valence-corrected chi connectivity index (χ1v) is 11.2. The molecule has 0 radical (unpaired) electrons. The Balaban J connectivity index is 1.92. The number of nitrogens with one attached hydrogen (secondary N) is 3. The first-order valence-electron chi connectivity index (χ1n) is 10.0. The maximum atomic E-state index is 13.2. The second kappa shape index (κ2) is 11.0. The molecular weight excluding hydrogens is 490 g/mol. The van der Waals surface area contributed by atoms with Gasteiger partial charge in [0.1, 0.15) is 12.5 Å². The molecule has 3 rings (SSSR count). The zero-order valence-corrected chi connectivity index (χ0v) is 20.0. The number of benzene rings is 2. The van der Waals surface area contributed by atoms with Gasteiger partial charge >= 0.3 is 0 Å². The van der Waals surface area contributed by atoms with E-state index in [4.69, 9.17) is 28.1 Å². The lowest BCUT2D eigenvalue weighted by Gasteiger charge is -2.36. The van der Waals surface area contributed by atoms with E-state index >= 15 is 0 Å². The molecule has 2 aromatic rings. The first kappa shape index (κ1) is 23.6. The van der Waals surface area contributed by atoms with Gasteiger partial charge in [-0.25, -0.2) is 0 Å². The van der Waals surface area contributed by atoms with Crippen LogP contribution in [0.15, 0.2) is 59.2 Å². The molecule has 2 atom stereocenters. The van der Waals surface area contributed by atoms with Gasteiger partial charge in [-0.3, -0.25) is 4.79 Å². The van der Waals surface area contributed by atoms with E-state index in [2.05, 4.69) is 44.4 Å². The molecule has 1 aliphatic rings. The minimum absolute atomic E-state index is 0.114. The Morgan fingerprint density at radius 2 is 2.00 bits per heavy atom. The summed E-state index contributed by atoms with van der Waals surface area (Å²) in [5.41, 5.74) is 2.30. The number of carbonyl (C=O) groups is 1. The largest absolute Gasteiger partial charge is 0.490 e. The fourth-order valence-corrected chi connectivity index (χ4v) is 4.26. The van der Waals surface area contributed by atoms with Gasteiger partial charge in [0.2, 0.25) is 5.91 Å². The van der Waals surface area contributed by atoms with E-state index in [1.807, 2.05) is 43.3 Å². The van der Waals surface area contributed by atoms with Crippen LogP contribution in [0, 0.1) is 18.3 Å². The smallest absolute Gasteiger partial charge is 0.231 e. The summed E-state index contributed by atoms with van der Waals surface area (Å²) in [7, 11) is 0. The quantitative estimate of drug-likeness (QED) is 0.368. The SMILES string of the molecule is C#CCOc1cc(Br)c([C@H]2NC(=S)NC(=C)[C@@H]2C(=O)NCc2ccccc2)cc1OCC. The van der Waals surface area contributed by atoms with Crippen molar-refractivity contribution < 1.29 is 14.3 Å². The van der Waals surface area contributed by atoms with Gasteiger partial charge in [-0.15, -0.1) is 6.42 Å². The van der Waals surface area contributed by atoms with Gasteiger partial charge in [-0.2, -0.15) is 0 Å². The van der Waals surface area contributed by atoms with Gasteiger partial charge < -0.3 is 25.4 Å². The summed E-state index contributed by atoms with van der Waals surface area (Å²) in [4.78, 5) is 13.2. The first-order chi connectivity index (χ1) is 15.4. The van der Waals surface area contributed by atoms with Gasteiger partial charge in [0, 0.05) is 16.7 Å². The highest BCUT2D eigenvalue weighted by atomic mass is 79.9. The normalized spacial score (nSPS) is 17.5. The third kappa shape index (κ3) is 5.61. The Bertz CT molecular complexity index is 1050. The zero-order valence-electron chi connectivity index (χ0n) is 17.6. The minimum atomic E-state index is -0.617. The molecule has 2 aromatic carbocycles. The summed E-state index contributed by atoms with van der Waals surface area (Å²) in [6.45, 7) is 6.90. The molecule has 0 unspecified atom stereocenters. The fourth-order valence-electron chi connectivity index (χ4n) is 3.44. The number of halogens is 1.